The number of halogens is 1. The summed E-state index contributed by atoms with van der Waals surface area (Å²) in [6.45, 7) is 0.322. The van der Waals surface area contributed by atoms with Gasteiger partial charge in [0, 0.05) is 22.3 Å². The van der Waals surface area contributed by atoms with E-state index in [1.807, 2.05) is 12.1 Å². The van der Waals surface area contributed by atoms with Crippen molar-refractivity contribution in [2.24, 2.45) is 5.92 Å². The van der Waals surface area contributed by atoms with E-state index in [1.54, 1.807) is 30.3 Å². The Hall–Kier alpha value is -2.53. The van der Waals surface area contributed by atoms with Crippen molar-refractivity contribution in [3.05, 3.63) is 58.6 Å². The van der Waals surface area contributed by atoms with E-state index in [1.165, 1.54) is 0 Å². The number of carbonyl (C=O) groups excluding carboxylic acids is 2. The Morgan fingerprint density at radius 1 is 1.12 bits per heavy atom. The van der Waals surface area contributed by atoms with Crippen molar-refractivity contribution in [3.63, 3.8) is 0 Å². The number of hydrogen-bond donors (Lipinski definition) is 2. The van der Waals surface area contributed by atoms with Gasteiger partial charge in [-0.15, -0.1) is 0 Å². The summed E-state index contributed by atoms with van der Waals surface area (Å²) in [6.07, 6.45) is 2.65. The highest BCUT2D eigenvalue weighted by Gasteiger charge is 2.27. The van der Waals surface area contributed by atoms with Crippen molar-refractivity contribution in [3.8, 4) is 5.75 Å². The maximum Gasteiger partial charge on any atom is 0.251 e. The first-order valence-corrected chi connectivity index (χ1v) is 9.09. The molecule has 0 radical (unpaired) electrons. The molecule has 2 aliphatic rings. The zero-order valence-electron chi connectivity index (χ0n) is 14.1. The summed E-state index contributed by atoms with van der Waals surface area (Å²) >= 11 is 6.03. The summed E-state index contributed by atoms with van der Waals surface area (Å²) in [5.41, 5.74) is 2.09. The van der Waals surface area contributed by atoms with Crippen molar-refractivity contribution in [1.82, 2.24) is 5.32 Å². The van der Waals surface area contributed by atoms with Crippen LogP contribution >= 0.6 is 11.6 Å². The van der Waals surface area contributed by atoms with Crippen LogP contribution in [-0.2, 0) is 11.2 Å². The highest BCUT2D eigenvalue weighted by atomic mass is 35.5. The van der Waals surface area contributed by atoms with Crippen LogP contribution in [0.5, 0.6) is 5.75 Å². The molecule has 0 unspecified atom stereocenters. The molecule has 1 fully saturated rings. The summed E-state index contributed by atoms with van der Waals surface area (Å²) in [7, 11) is 0. The molecule has 5 nitrogen and oxygen atoms in total. The first kappa shape index (κ1) is 16.9. The monoisotopic (exact) mass is 370 g/mol. The standard InChI is InChI=1S/C20H19ClN2O3/c21-15-4-7-18-13(9-15)8-14(11-26-18)20(25)23-17-3-1-2-12(10-17)19(24)22-16-5-6-16/h1-4,7,9-10,14,16H,5-6,8,11H2,(H,22,24)(H,23,25)/t14-/m0/s1. The predicted octanol–water partition coefficient (Wildman–Crippen LogP) is 3.42. The molecule has 0 saturated heterocycles. The molecule has 4 rings (SSSR count). The highest BCUT2D eigenvalue weighted by molar-refractivity contribution is 6.30. The smallest absolute Gasteiger partial charge is 0.251 e. The fourth-order valence-corrected chi connectivity index (χ4v) is 3.21. The van der Waals surface area contributed by atoms with Gasteiger partial charge in [-0.3, -0.25) is 9.59 Å². The lowest BCUT2D eigenvalue weighted by Gasteiger charge is -2.24. The van der Waals surface area contributed by atoms with Crippen LogP contribution in [0.4, 0.5) is 5.69 Å². The maximum atomic E-state index is 12.6. The number of rotatable bonds is 4. The van der Waals surface area contributed by atoms with Gasteiger partial charge < -0.3 is 15.4 Å². The van der Waals surface area contributed by atoms with Gasteiger partial charge in [0.1, 0.15) is 12.4 Å². The van der Waals surface area contributed by atoms with Crippen LogP contribution in [0, 0.1) is 5.92 Å². The van der Waals surface area contributed by atoms with Gasteiger partial charge in [0.15, 0.2) is 0 Å². The van der Waals surface area contributed by atoms with Gasteiger partial charge in [0.25, 0.3) is 5.91 Å². The Kier molecular flexibility index (Phi) is 4.55. The number of ether oxygens (including phenoxy) is 1. The third-order valence-electron chi connectivity index (χ3n) is 4.60. The first-order valence-electron chi connectivity index (χ1n) is 8.71. The largest absolute Gasteiger partial charge is 0.492 e. The number of fused-ring (bicyclic) bond motifs is 1. The number of amides is 2. The van der Waals surface area contributed by atoms with Crippen molar-refractivity contribution < 1.29 is 14.3 Å². The van der Waals surface area contributed by atoms with Crippen LogP contribution in [0.15, 0.2) is 42.5 Å². The molecule has 1 heterocycles. The van der Waals surface area contributed by atoms with Crippen molar-refractivity contribution in [2.75, 3.05) is 11.9 Å². The average molecular weight is 371 g/mol. The molecule has 26 heavy (non-hydrogen) atoms. The Balaban J connectivity index is 1.42. The lowest BCUT2D eigenvalue weighted by Crippen LogP contribution is -2.32. The van der Waals surface area contributed by atoms with Gasteiger partial charge in [0.2, 0.25) is 5.91 Å². The molecule has 2 aromatic carbocycles. The second-order valence-electron chi connectivity index (χ2n) is 6.78. The van der Waals surface area contributed by atoms with Gasteiger partial charge >= 0.3 is 0 Å². The van der Waals surface area contributed by atoms with Crippen LogP contribution in [0.1, 0.15) is 28.8 Å². The fraction of sp³-hybridized carbons (Fsp3) is 0.300. The number of carbonyl (C=O) groups is 2. The lowest BCUT2D eigenvalue weighted by atomic mass is 9.96. The molecule has 1 atom stereocenters. The third kappa shape index (κ3) is 3.83. The van der Waals surface area contributed by atoms with Crippen molar-refractivity contribution in [2.45, 2.75) is 25.3 Å². The normalized spacial score (nSPS) is 18.4. The fourth-order valence-electron chi connectivity index (χ4n) is 3.01. The van der Waals surface area contributed by atoms with E-state index in [2.05, 4.69) is 10.6 Å². The van der Waals surface area contributed by atoms with Crippen molar-refractivity contribution >= 4 is 29.1 Å². The van der Waals surface area contributed by atoms with Gasteiger partial charge in [-0.1, -0.05) is 17.7 Å². The van der Waals surface area contributed by atoms with E-state index in [4.69, 9.17) is 16.3 Å². The molecule has 1 saturated carbocycles. The van der Waals surface area contributed by atoms with E-state index in [9.17, 15) is 9.59 Å². The van der Waals surface area contributed by atoms with Gasteiger partial charge in [0.05, 0.1) is 5.92 Å². The Morgan fingerprint density at radius 3 is 2.77 bits per heavy atom. The van der Waals surface area contributed by atoms with Crippen LogP contribution in [-0.4, -0.2) is 24.5 Å². The van der Waals surface area contributed by atoms with Crippen molar-refractivity contribution in [1.29, 1.82) is 0 Å². The van der Waals surface area contributed by atoms with E-state index < -0.39 is 0 Å². The molecule has 6 heteroatoms. The van der Waals surface area contributed by atoms with Crippen LogP contribution in [0.2, 0.25) is 5.02 Å². The Labute approximate surface area is 156 Å². The van der Waals surface area contributed by atoms with E-state index in [0.717, 1.165) is 24.2 Å². The number of anilines is 1. The summed E-state index contributed by atoms with van der Waals surface area (Å²) in [6, 6.07) is 12.7. The molecular formula is C20H19ClN2O3. The van der Waals surface area contributed by atoms with Crippen LogP contribution < -0.4 is 15.4 Å². The summed E-state index contributed by atoms with van der Waals surface area (Å²) in [4.78, 5) is 24.8. The molecule has 1 aliphatic carbocycles. The Morgan fingerprint density at radius 2 is 1.96 bits per heavy atom. The van der Waals surface area contributed by atoms with E-state index >= 15 is 0 Å². The number of benzene rings is 2. The van der Waals surface area contributed by atoms with Gasteiger partial charge in [-0.25, -0.2) is 0 Å². The van der Waals surface area contributed by atoms with Gasteiger partial charge in [-0.05, 0) is 61.2 Å². The molecule has 1 aliphatic heterocycles. The quantitative estimate of drug-likeness (QED) is 0.866. The third-order valence-corrected chi connectivity index (χ3v) is 4.84. The summed E-state index contributed by atoms with van der Waals surface area (Å²) in [5.74, 6) is 0.241. The molecule has 0 aromatic heterocycles. The molecule has 2 N–H and O–H groups in total. The second-order valence-corrected chi connectivity index (χ2v) is 7.22. The van der Waals surface area contributed by atoms with Crippen LogP contribution in [0.25, 0.3) is 0 Å². The second kappa shape index (κ2) is 7.00. The van der Waals surface area contributed by atoms with E-state index in [0.29, 0.717) is 35.3 Å². The molecule has 134 valence electrons. The number of hydrogen-bond acceptors (Lipinski definition) is 3. The zero-order valence-corrected chi connectivity index (χ0v) is 14.9. The Bertz CT molecular complexity index is 864. The summed E-state index contributed by atoms with van der Waals surface area (Å²) < 4.78 is 5.68. The highest BCUT2D eigenvalue weighted by Crippen LogP contribution is 2.30. The minimum atomic E-state index is -0.301. The van der Waals surface area contributed by atoms with E-state index in [-0.39, 0.29) is 17.7 Å². The topological polar surface area (TPSA) is 67.4 Å². The molecule has 0 spiro atoms. The first-order chi connectivity index (χ1) is 12.6. The maximum absolute atomic E-state index is 12.6. The molecular weight excluding hydrogens is 352 g/mol. The minimum Gasteiger partial charge on any atom is -0.492 e. The zero-order chi connectivity index (χ0) is 18.1. The minimum absolute atomic E-state index is 0.104. The SMILES string of the molecule is O=C(NC1CC1)c1cccc(NC(=O)[C@@H]2COc3ccc(Cl)cc3C2)c1. The molecule has 0 bridgehead atoms. The molecule has 2 amide bonds. The lowest BCUT2D eigenvalue weighted by molar-refractivity contribution is -0.121. The van der Waals surface area contributed by atoms with Gasteiger partial charge in [-0.2, -0.15) is 0 Å². The summed E-state index contributed by atoms with van der Waals surface area (Å²) in [5, 5.41) is 6.46. The predicted molar refractivity (Wildman–Crippen MR) is 99.7 cm³/mol. The molecule has 2 aromatic rings. The average Bonchev–Trinajstić information content (AvgIpc) is 3.45. The van der Waals surface area contributed by atoms with Crippen LogP contribution in [0.3, 0.4) is 0 Å². The number of nitrogens with one attached hydrogen (secondary N) is 2.